The molecule has 1 aromatic heterocycles. The number of aromatic nitrogens is 1. The highest BCUT2D eigenvalue weighted by Crippen LogP contribution is 2.32. The minimum absolute atomic E-state index is 0.0441. The number of esters is 2. The van der Waals surface area contributed by atoms with E-state index in [1.165, 1.54) is 13.2 Å². The molecule has 0 aliphatic heterocycles. The summed E-state index contributed by atoms with van der Waals surface area (Å²) in [6, 6.07) is 2.96. The third-order valence-electron chi connectivity index (χ3n) is 3.00. The molecule has 0 saturated carbocycles. The van der Waals surface area contributed by atoms with Gasteiger partial charge in [-0.1, -0.05) is 0 Å². The summed E-state index contributed by atoms with van der Waals surface area (Å²) < 4.78 is 9.65. The number of aromatic amines is 1. The number of hydrogen-bond acceptors (Lipinski definition) is 5. The van der Waals surface area contributed by atoms with Crippen LogP contribution in [0.25, 0.3) is 10.9 Å². The normalized spacial score (nSPS) is 10.6. The van der Waals surface area contributed by atoms with Gasteiger partial charge in [-0.2, -0.15) is 0 Å². The Kier molecular flexibility index (Phi) is 3.65. The van der Waals surface area contributed by atoms with E-state index in [9.17, 15) is 14.7 Å². The van der Waals surface area contributed by atoms with Crippen LogP contribution in [0.3, 0.4) is 0 Å². The molecule has 2 aromatic rings. The number of carbonyl (C=O) groups excluding carboxylic acids is 2. The van der Waals surface area contributed by atoms with Crippen LogP contribution in [0.5, 0.6) is 5.75 Å². The summed E-state index contributed by atoms with van der Waals surface area (Å²) >= 11 is 0. The summed E-state index contributed by atoms with van der Waals surface area (Å²) in [5.41, 5.74) is 1.31. The molecule has 0 aliphatic carbocycles. The Labute approximate surface area is 115 Å². The Bertz CT molecular complexity index is 686. The number of H-pyrrole nitrogens is 1. The number of ether oxygens (including phenoxy) is 2. The summed E-state index contributed by atoms with van der Waals surface area (Å²) in [6.07, 6.45) is 0. The maximum Gasteiger partial charge on any atom is 0.342 e. The van der Waals surface area contributed by atoms with E-state index in [1.54, 1.807) is 19.9 Å². The number of nitrogens with one attached hydrogen (secondary N) is 1. The van der Waals surface area contributed by atoms with Crippen LogP contribution >= 0.6 is 0 Å². The topological polar surface area (TPSA) is 88.6 Å². The number of methoxy groups -OCH3 is 1. The van der Waals surface area contributed by atoms with Gasteiger partial charge in [0.15, 0.2) is 0 Å². The van der Waals surface area contributed by atoms with E-state index in [-0.39, 0.29) is 23.5 Å². The second kappa shape index (κ2) is 5.24. The van der Waals surface area contributed by atoms with E-state index >= 15 is 0 Å². The molecule has 0 amide bonds. The van der Waals surface area contributed by atoms with Crippen LogP contribution in [0.15, 0.2) is 12.1 Å². The van der Waals surface area contributed by atoms with Crippen LogP contribution in [0.4, 0.5) is 0 Å². The zero-order valence-corrected chi connectivity index (χ0v) is 11.4. The molecule has 0 fully saturated rings. The van der Waals surface area contributed by atoms with E-state index in [0.29, 0.717) is 16.6 Å². The van der Waals surface area contributed by atoms with Crippen molar-refractivity contribution in [2.75, 3.05) is 13.7 Å². The molecule has 20 heavy (non-hydrogen) atoms. The van der Waals surface area contributed by atoms with E-state index < -0.39 is 11.9 Å². The third-order valence-corrected chi connectivity index (χ3v) is 3.00. The highest BCUT2D eigenvalue weighted by Gasteiger charge is 2.25. The predicted molar refractivity (Wildman–Crippen MR) is 72.0 cm³/mol. The second-order valence-electron chi connectivity index (χ2n) is 4.22. The molecule has 2 N–H and O–H groups in total. The number of benzene rings is 1. The van der Waals surface area contributed by atoms with Gasteiger partial charge in [0.05, 0.1) is 19.3 Å². The third kappa shape index (κ3) is 2.09. The lowest BCUT2D eigenvalue weighted by molar-refractivity contribution is 0.0528. The van der Waals surface area contributed by atoms with Crippen molar-refractivity contribution in [3.63, 3.8) is 0 Å². The van der Waals surface area contributed by atoms with Crippen molar-refractivity contribution in [3.05, 3.63) is 29.0 Å². The van der Waals surface area contributed by atoms with Crippen LogP contribution in [-0.2, 0) is 9.47 Å². The smallest absolute Gasteiger partial charge is 0.342 e. The minimum Gasteiger partial charge on any atom is -0.507 e. The number of fused-ring (bicyclic) bond motifs is 1. The second-order valence-corrected chi connectivity index (χ2v) is 4.22. The molecule has 0 saturated heterocycles. The number of carbonyl (C=O) groups is 2. The number of phenolic OH excluding ortho intramolecular Hbond substituents is 1. The van der Waals surface area contributed by atoms with Crippen LogP contribution < -0.4 is 0 Å². The van der Waals surface area contributed by atoms with Gasteiger partial charge in [0.25, 0.3) is 0 Å². The van der Waals surface area contributed by atoms with Gasteiger partial charge in [-0.25, -0.2) is 9.59 Å². The number of phenols is 1. The SMILES string of the molecule is CCOC(=O)c1c(C)[nH]c2ccc(O)c(C(=O)OC)c12. The molecule has 0 atom stereocenters. The van der Waals surface area contributed by atoms with Gasteiger partial charge in [-0.05, 0) is 26.0 Å². The number of rotatable bonds is 3. The molecule has 1 heterocycles. The highest BCUT2D eigenvalue weighted by atomic mass is 16.5. The average Bonchev–Trinajstić information content (AvgIpc) is 2.74. The zero-order chi connectivity index (χ0) is 14.9. The first kappa shape index (κ1) is 13.9. The monoisotopic (exact) mass is 277 g/mol. The number of aryl methyl sites for hydroxylation is 1. The van der Waals surface area contributed by atoms with Crippen LogP contribution in [0.2, 0.25) is 0 Å². The fourth-order valence-electron chi connectivity index (χ4n) is 2.17. The van der Waals surface area contributed by atoms with Crippen molar-refractivity contribution >= 4 is 22.8 Å². The molecule has 6 heteroatoms. The molecular weight excluding hydrogens is 262 g/mol. The number of hydrogen-bond donors (Lipinski definition) is 2. The lowest BCUT2D eigenvalue weighted by atomic mass is 10.0. The minimum atomic E-state index is -0.711. The van der Waals surface area contributed by atoms with Crippen molar-refractivity contribution in [3.8, 4) is 5.75 Å². The summed E-state index contributed by atoms with van der Waals surface area (Å²) in [7, 11) is 1.21. The van der Waals surface area contributed by atoms with Crippen molar-refractivity contribution in [2.24, 2.45) is 0 Å². The zero-order valence-electron chi connectivity index (χ0n) is 11.4. The van der Waals surface area contributed by atoms with Gasteiger partial charge in [-0.3, -0.25) is 0 Å². The first-order valence-electron chi connectivity index (χ1n) is 6.10. The summed E-state index contributed by atoms with van der Waals surface area (Å²) in [5, 5.41) is 10.2. The summed E-state index contributed by atoms with van der Waals surface area (Å²) in [6.45, 7) is 3.61. The van der Waals surface area contributed by atoms with Crippen LogP contribution in [-0.4, -0.2) is 35.7 Å². The molecule has 0 bridgehead atoms. The Morgan fingerprint density at radius 2 is 1.95 bits per heavy atom. The van der Waals surface area contributed by atoms with Gasteiger partial charge in [0, 0.05) is 16.6 Å². The Morgan fingerprint density at radius 1 is 1.25 bits per heavy atom. The first-order valence-corrected chi connectivity index (χ1v) is 6.10. The van der Waals surface area contributed by atoms with Crippen molar-refractivity contribution in [1.29, 1.82) is 0 Å². The van der Waals surface area contributed by atoms with Gasteiger partial charge >= 0.3 is 11.9 Å². The number of aromatic hydroxyl groups is 1. The molecule has 1 aromatic carbocycles. The first-order chi connectivity index (χ1) is 9.51. The highest BCUT2D eigenvalue weighted by molar-refractivity contribution is 6.15. The van der Waals surface area contributed by atoms with E-state index in [0.717, 1.165) is 0 Å². The predicted octanol–water partition coefficient (Wildman–Crippen LogP) is 2.15. The van der Waals surface area contributed by atoms with Crippen LogP contribution in [0, 0.1) is 6.92 Å². The standard InChI is InChI=1S/C14H15NO5/c1-4-20-14(18)10-7(2)15-8-5-6-9(16)12(11(8)10)13(17)19-3/h5-6,15-16H,4H2,1-3H3. The molecule has 106 valence electrons. The van der Waals surface area contributed by atoms with Gasteiger partial charge in [-0.15, -0.1) is 0 Å². The molecule has 0 spiro atoms. The quantitative estimate of drug-likeness (QED) is 0.839. The molecular formula is C14H15NO5. The van der Waals surface area contributed by atoms with E-state index in [1.807, 2.05) is 0 Å². The molecule has 0 aliphatic rings. The molecule has 0 unspecified atom stereocenters. The lowest BCUT2D eigenvalue weighted by Gasteiger charge is -2.07. The van der Waals surface area contributed by atoms with Crippen molar-refractivity contribution in [2.45, 2.75) is 13.8 Å². The van der Waals surface area contributed by atoms with Crippen molar-refractivity contribution in [1.82, 2.24) is 4.98 Å². The largest absolute Gasteiger partial charge is 0.507 e. The van der Waals surface area contributed by atoms with E-state index in [4.69, 9.17) is 4.74 Å². The average molecular weight is 277 g/mol. The van der Waals surface area contributed by atoms with E-state index in [2.05, 4.69) is 9.72 Å². The fraction of sp³-hybridized carbons (Fsp3) is 0.286. The lowest BCUT2D eigenvalue weighted by Crippen LogP contribution is -2.08. The summed E-state index contributed by atoms with van der Waals surface area (Å²) in [4.78, 5) is 26.9. The molecule has 6 nitrogen and oxygen atoms in total. The Hall–Kier alpha value is -2.50. The Balaban J connectivity index is 2.81. The molecule has 2 rings (SSSR count). The van der Waals surface area contributed by atoms with Crippen molar-refractivity contribution < 1.29 is 24.2 Å². The van der Waals surface area contributed by atoms with Gasteiger partial charge < -0.3 is 19.6 Å². The van der Waals surface area contributed by atoms with Gasteiger partial charge in [0.2, 0.25) is 0 Å². The Morgan fingerprint density at radius 3 is 2.55 bits per heavy atom. The van der Waals surface area contributed by atoms with Crippen LogP contribution in [0.1, 0.15) is 33.3 Å². The maximum absolute atomic E-state index is 12.0. The molecule has 0 radical (unpaired) electrons. The maximum atomic E-state index is 12.0. The summed E-state index contributed by atoms with van der Waals surface area (Å²) in [5.74, 6) is -1.50. The fourth-order valence-corrected chi connectivity index (χ4v) is 2.17. The van der Waals surface area contributed by atoms with Gasteiger partial charge in [0.1, 0.15) is 11.3 Å².